The van der Waals surface area contributed by atoms with Gasteiger partial charge in [-0.15, -0.1) is 24.0 Å². The lowest BCUT2D eigenvalue weighted by atomic mass is 9.98. The third-order valence-corrected chi connectivity index (χ3v) is 6.12. The molecule has 2 atom stereocenters. The van der Waals surface area contributed by atoms with Crippen molar-refractivity contribution in [2.75, 3.05) is 39.8 Å². The molecule has 2 fully saturated rings. The van der Waals surface area contributed by atoms with Crippen molar-refractivity contribution in [2.24, 2.45) is 4.99 Å². The Kier molecular flexibility index (Phi) is 10.2. The summed E-state index contributed by atoms with van der Waals surface area (Å²) in [5.41, 5.74) is 1.35. The number of likely N-dealkylation sites (tertiary alicyclic amines) is 2. The molecule has 0 radical (unpaired) electrons. The number of guanidine groups is 1. The molecule has 2 unspecified atom stereocenters. The lowest BCUT2D eigenvalue weighted by molar-refractivity contribution is -0.134. The van der Waals surface area contributed by atoms with Gasteiger partial charge in [0.15, 0.2) is 5.96 Å². The number of ether oxygens (including phenoxy) is 1. The minimum absolute atomic E-state index is 0. The first-order valence-corrected chi connectivity index (χ1v) is 11.1. The number of rotatable bonds is 6. The predicted octanol–water partition coefficient (Wildman–Crippen LogP) is 3.86. The SMILES string of the molecule is CCNC(=NCCC(=O)N1CCCCC1C)N1CCC(c2ccc(OC)cc2)C1.I. The molecule has 2 saturated heterocycles. The van der Waals surface area contributed by atoms with Gasteiger partial charge in [-0.25, -0.2) is 0 Å². The first-order chi connectivity index (χ1) is 14.1. The van der Waals surface area contributed by atoms with E-state index in [2.05, 4.69) is 36.2 Å². The fourth-order valence-electron chi connectivity index (χ4n) is 4.40. The molecular formula is C23H37IN4O2. The van der Waals surface area contributed by atoms with Crippen molar-refractivity contribution < 1.29 is 9.53 Å². The summed E-state index contributed by atoms with van der Waals surface area (Å²) < 4.78 is 5.27. The number of piperidine rings is 1. The van der Waals surface area contributed by atoms with Gasteiger partial charge in [-0.2, -0.15) is 0 Å². The van der Waals surface area contributed by atoms with E-state index < -0.39 is 0 Å². The van der Waals surface area contributed by atoms with Gasteiger partial charge in [-0.1, -0.05) is 12.1 Å². The van der Waals surface area contributed by atoms with E-state index >= 15 is 0 Å². The van der Waals surface area contributed by atoms with E-state index in [1.807, 2.05) is 17.0 Å². The van der Waals surface area contributed by atoms with Crippen LogP contribution in [-0.2, 0) is 4.79 Å². The maximum Gasteiger partial charge on any atom is 0.224 e. The molecule has 2 heterocycles. The molecule has 2 aliphatic heterocycles. The summed E-state index contributed by atoms with van der Waals surface area (Å²) in [6, 6.07) is 8.76. The fraction of sp³-hybridized carbons (Fsp3) is 0.652. The number of halogens is 1. The van der Waals surface area contributed by atoms with Gasteiger partial charge in [0.2, 0.25) is 5.91 Å². The van der Waals surface area contributed by atoms with E-state index in [9.17, 15) is 4.79 Å². The highest BCUT2D eigenvalue weighted by atomic mass is 127. The summed E-state index contributed by atoms with van der Waals surface area (Å²) >= 11 is 0. The molecule has 0 aromatic heterocycles. The van der Waals surface area contributed by atoms with Crippen molar-refractivity contribution in [3.05, 3.63) is 29.8 Å². The molecule has 0 saturated carbocycles. The molecule has 6 nitrogen and oxygen atoms in total. The van der Waals surface area contributed by atoms with Crippen LogP contribution >= 0.6 is 24.0 Å². The first-order valence-electron chi connectivity index (χ1n) is 11.1. The molecule has 1 aromatic rings. The van der Waals surface area contributed by atoms with Crippen LogP contribution in [0, 0.1) is 0 Å². The van der Waals surface area contributed by atoms with Gasteiger partial charge in [0.05, 0.1) is 13.7 Å². The Morgan fingerprint density at radius 2 is 1.97 bits per heavy atom. The largest absolute Gasteiger partial charge is 0.497 e. The van der Waals surface area contributed by atoms with Crippen molar-refractivity contribution >= 4 is 35.8 Å². The van der Waals surface area contributed by atoms with Gasteiger partial charge < -0.3 is 19.9 Å². The van der Waals surface area contributed by atoms with Crippen LogP contribution in [0.4, 0.5) is 0 Å². The maximum absolute atomic E-state index is 12.6. The smallest absolute Gasteiger partial charge is 0.224 e. The number of carbonyl (C=O) groups is 1. The van der Waals surface area contributed by atoms with Crippen LogP contribution in [0.1, 0.15) is 57.4 Å². The lowest BCUT2D eigenvalue weighted by Gasteiger charge is -2.33. The average Bonchev–Trinajstić information content (AvgIpc) is 3.23. The van der Waals surface area contributed by atoms with E-state index in [0.29, 0.717) is 24.9 Å². The van der Waals surface area contributed by atoms with Crippen molar-refractivity contribution in [1.82, 2.24) is 15.1 Å². The summed E-state index contributed by atoms with van der Waals surface area (Å²) in [7, 11) is 1.70. The number of nitrogens with one attached hydrogen (secondary N) is 1. The second-order valence-corrected chi connectivity index (χ2v) is 8.12. The van der Waals surface area contributed by atoms with Crippen LogP contribution in [0.5, 0.6) is 5.75 Å². The van der Waals surface area contributed by atoms with Gasteiger partial charge in [0, 0.05) is 44.6 Å². The van der Waals surface area contributed by atoms with Crippen LogP contribution in [0.2, 0.25) is 0 Å². The van der Waals surface area contributed by atoms with Gasteiger partial charge in [-0.05, 0) is 57.2 Å². The predicted molar refractivity (Wildman–Crippen MR) is 133 cm³/mol. The molecule has 168 valence electrons. The van der Waals surface area contributed by atoms with Gasteiger partial charge in [0.1, 0.15) is 5.75 Å². The zero-order valence-corrected chi connectivity index (χ0v) is 20.9. The second-order valence-electron chi connectivity index (χ2n) is 8.12. The Hall–Kier alpha value is -1.51. The number of hydrogen-bond acceptors (Lipinski definition) is 3. The number of aliphatic imine (C=N–C) groups is 1. The molecule has 0 spiro atoms. The summed E-state index contributed by atoms with van der Waals surface area (Å²) in [6.45, 7) is 8.48. The van der Waals surface area contributed by atoms with Crippen molar-refractivity contribution in [3.63, 3.8) is 0 Å². The first kappa shape index (κ1) is 24.8. The van der Waals surface area contributed by atoms with Crippen LogP contribution in [-0.4, -0.2) is 67.5 Å². The highest BCUT2D eigenvalue weighted by molar-refractivity contribution is 14.0. The topological polar surface area (TPSA) is 57.2 Å². The third-order valence-electron chi connectivity index (χ3n) is 6.12. The quantitative estimate of drug-likeness (QED) is 0.346. The van der Waals surface area contributed by atoms with Crippen LogP contribution < -0.4 is 10.1 Å². The molecule has 1 amide bonds. The van der Waals surface area contributed by atoms with E-state index in [1.54, 1.807) is 7.11 Å². The second kappa shape index (κ2) is 12.4. The Labute approximate surface area is 198 Å². The van der Waals surface area contributed by atoms with Crippen molar-refractivity contribution in [1.29, 1.82) is 0 Å². The summed E-state index contributed by atoms with van der Waals surface area (Å²) in [5, 5.41) is 3.41. The number of carbonyl (C=O) groups excluding carboxylic acids is 1. The molecule has 2 aliphatic rings. The van der Waals surface area contributed by atoms with Crippen molar-refractivity contribution in [3.8, 4) is 5.75 Å². The van der Waals surface area contributed by atoms with Crippen LogP contribution in [0.25, 0.3) is 0 Å². The Bertz CT molecular complexity index is 695. The van der Waals surface area contributed by atoms with E-state index in [4.69, 9.17) is 9.73 Å². The third kappa shape index (κ3) is 6.49. The zero-order chi connectivity index (χ0) is 20.6. The highest BCUT2D eigenvalue weighted by Gasteiger charge is 2.26. The molecule has 0 bridgehead atoms. The highest BCUT2D eigenvalue weighted by Crippen LogP contribution is 2.28. The van der Waals surface area contributed by atoms with E-state index in [1.165, 1.54) is 12.0 Å². The Morgan fingerprint density at radius 1 is 1.20 bits per heavy atom. The summed E-state index contributed by atoms with van der Waals surface area (Å²) in [6.07, 6.45) is 5.09. The van der Waals surface area contributed by atoms with E-state index in [-0.39, 0.29) is 29.9 Å². The number of methoxy groups -OCH3 is 1. The Morgan fingerprint density at radius 3 is 2.63 bits per heavy atom. The molecule has 7 heteroatoms. The normalized spacial score (nSPS) is 21.9. The number of nitrogens with zero attached hydrogens (tertiary/aromatic N) is 3. The molecule has 30 heavy (non-hydrogen) atoms. The van der Waals surface area contributed by atoms with Crippen molar-refractivity contribution in [2.45, 2.75) is 57.9 Å². The van der Waals surface area contributed by atoms with Gasteiger partial charge in [-0.3, -0.25) is 9.79 Å². The number of hydrogen-bond donors (Lipinski definition) is 1. The minimum Gasteiger partial charge on any atom is -0.497 e. The Balaban J connectivity index is 0.00000320. The van der Waals surface area contributed by atoms with E-state index in [0.717, 1.165) is 57.2 Å². The molecule has 3 rings (SSSR count). The van der Waals surface area contributed by atoms with Gasteiger partial charge in [0.25, 0.3) is 0 Å². The van der Waals surface area contributed by atoms with Crippen LogP contribution in [0.15, 0.2) is 29.3 Å². The maximum atomic E-state index is 12.6. The monoisotopic (exact) mass is 528 g/mol. The summed E-state index contributed by atoms with van der Waals surface area (Å²) in [4.78, 5) is 21.7. The molecule has 1 aromatic carbocycles. The molecule has 1 N–H and O–H groups in total. The average molecular weight is 528 g/mol. The zero-order valence-electron chi connectivity index (χ0n) is 18.6. The summed E-state index contributed by atoms with van der Waals surface area (Å²) in [5.74, 6) is 2.57. The molecule has 0 aliphatic carbocycles. The van der Waals surface area contributed by atoms with Gasteiger partial charge >= 0.3 is 0 Å². The minimum atomic E-state index is 0. The number of amides is 1. The molecular weight excluding hydrogens is 491 g/mol. The van der Waals surface area contributed by atoms with Crippen LogP contribution in [0.3, 0.4) is 0 Å². The lowest BCUT2D eigenvalue weighted by Crippen LogP contribution is -2.42. The number of benzene rings is 1. The fourth-order valence-corrected chi connectivity index (χ4v) is 4.40. The standard InChI is InChI=1S/C23H36N4O2.HI/c1-4-24-23(25-14-12-22(28)27-15-6-5-7-18(27)2)26-16-13-20(17-26)19-8-10-21(29-3)11-9-19;/h8-11,18,20H,4-7,12-17H2,1-3H3,(H,24,25);1H.